The van der Waals surface area contributed by atoms with Crippen LogP contribution in [0.1, 0.15) is 44.6 Å². The Morgan fingerprint density at radius 1 is 1.14 bits per heavy atom. The molecule has 0 atom stereocenters. The fourth-order valence-corrected chi connectivity index (χ4v) is 2.75. The monoisotopic (exact) mass is 350 g/mol. The normalized spacial score (nSPS) is 12.5. The van der Waals surface area contributed by atoms with E-state index in [1.807, 2.05) is 31.2 Å². The number of allylic oxidation sites excluding steroid dienone is 1. The van der Waals surface area contributed by atoms with Crippen molar-refractivity contribution in [2.24, 2.45) is 0 Å². The summed E-state index contributed by atoms with van der Waals surface area (Å²) in [5, 5.41) is 1.08. The number of alkyl halides is 3. The average molecular weight is 350 g/mol. The summed E-state index contributed by atoms with van der Waals surface area (Å²) < 4.78 is 42.5. The predicted molar refractivity (Wildman–Crippen MR) is 88.6 cm³/mol. The van der Waals surface area contributed by atoms with E-state index in [9.17, 15) is 13.2 Å². The van der Waals surface area contributed by atoms with Crippen molar-refractivity contribution in [1.82, 2.24) is 0 Å². The van der Waals surface area contributed by atoms with Gasteiger partial charge in [0.15, 0.2) is 0 Å². The highest BCUT2D eigenvalue weighted by Gasteiger charge is 2.27. The SMILES string of the molecule is CCCCCC/C(=C\SC(F)(F)F)OSc1ccc(C)cc1. The summed E-state index contributed by atoms with van der Waals surface area (Å²) in [7, 11) is 0. The molecule has 0 amide bonds. The first-order chi connectivity index (χ1) is 10.4. The maximum absolute atomic E-state index is 12.3. The molecule has 1 aromatic carbocycles. The van der Waals surface area contributed by atoms with Gasteiger partial charge in [0, 0.05) is 16.7 Å². The molecule has 124 valence electrons. The highest BCUT2D eigenvalue weighted by Crippen LogP contribution is 2.34. The molecule has 1 aromatic rings. The second-order valence-electron chi connectivity index (χ2n) is 4.94. The predicted octanol–water partition coefficient (Wildman–Crippen LogP) is 7.08. The molecule has 0 spiro atoms. The molecule has 6 heteroatoms. The van der Waals surface area contributed by atoms with Gasteiger partial charge in [-0.2, -0.15) is 13.2 Å². The molecule has 0 unspecified atom stereocenters. The van der Waals surface area contributed by atoms with Crippen molar-refractivity contribution in [3.05, 3.63) is 41.0 Å². The minimum absolute atomic E-state index is 0.157. The van der Waals surface area contributed by atoms with Crippen molar-refractivity contribution >= 4 is 23.8 Å². The third kappa shape index (κ3) is 9.30. The molecule has 1 rings (SSSR count). The van der Waals surface area contributed by atoms with Gasteiger partial charge in [-0.1, -0.05) is 43.9 Å². The van der Waals surface area contributed by atoms with Gasteiger partial charge in [0.1, 0.15) is 5.76 Å². The van der Waals surface area contributed by atoms with Crippen molar-refractivity contribution in [2.75, 3.05) is 0 Å². The minimum atomic E-state index is -4.27. The van der Waals surface area contributed by atoms with Crippen LogP contribution in [0, 0.1) is 6.92 Å². The van der Waals surface area contributed by atoms with Crippen molar-refractivity contribution in [3.8, 4) is 0 Å². The third-order valence-electron chi connectivity index (χ3n) is 2.87. The van der Waals surface area contributed by atoms with Gasteiger partial charge in [-0.3, -0.25) is 0 Å². The van der Waals surface area contributed by atoms with Crippen molar-refractivity contribution in [1.29, 1.82) is 0 Å². The van der Waals surface area contributed by atoms with Gasteiger partial charge in [0.05, 0.1) is 12.0 Å². The molecule has 0 saturated carbocycles. The van der Waals surface area contributed by atoms with Crippen LogP contribution in [0.3, 0.4) is 0 Å². The second kappa shape index (κ2) is 10.1. The van der Waals surface area contributed by atoms with Crippen molar-refractivity contribution < 1.29 is 17.4 Å². The Morgan fingerprint density at radius 3 is 2.41 bits per heavy atom. The number of benzene rings is 1. The van der Waals surface area contributed by atoms with E-state index in [1.165, 1.54) is 0 Å². The van der Waals surface area contributed by atoms with E-state index < -0.39 is 5.51 Å². The fraction of sp³-hybridized carbons (Fsp3) is 0.500. The highest BCUT2D eigenvalue weighted by atomic mass is 32.2. The minimum Gasteiger partial charge on any atom is -0.424 e. The molecule has 0 fully saturated rings. The molecule has 0 N–H and O–H groups in total. The van der Waals surface area contributed by atoms with Crippen LogP contribution in [0.4, 0.5) is 13.2 Å². The average Bonchev–Trinajstić information content (AvgIpc) is 2.46. The molecule has 0 aliphatic rings. The van der Waals surface area contributed by atoms with E-state index in [0.29, 0.717) is 12.2 Å². The molecule has 22 heavy (non-hydrogen) atoms. The van der Waals surface area contributed by atoms with Crippen molar-refractivity contribution in [3.63, 3.8) is 0 Å². The summed E-state index contributed by atoms with van der Waals surface area (Å²) >= 11 is 0.945. The number of hydrogen-bond donors (Lipinski definition) is 0. The Hall–Kier alpha value is -0.750. The number of halogens is 3. The van der Waals surface area contributed by atoms with Gasteiger partial charge >= 0.3 is 5.51 Å². The molecule has 0 aliphatic heterocycles. The number of aryl methyl sites for hydroxylation is 1. The summed E-state index contributed by atoms with van der Waals surface area (Å²) in [4.78, 5) is 0.877. The lowest BCUT2D eigenvalue weighted by Crippen LogP contribution is -1.98. The van der Waals surface area contributed by atoms with E-state index in [4.69, 9.17) is 4.18 Å². The van der Waals surface area contributed by atoms with Gasteiger partial charge in [-0.15, -0.1) is 0 Å². The van der Waals surface area contributed by atoms with Crippen LogP contribution in [0.2, 0.25) is 0 Å². The Labute approximate surface area is 138 Å². The smallest absolute Gasteiger partial charge is 0.424 e. The summed E-state index contributed by atoms with van der Waals surface area (Å²) in [5.41, 5.74) is -3.14. The second-order valence-corrected chi connectivity index (χ2v) is 6.68. The molecule has 0 heterocycles. The van der Waals surface area contributed by atoms with E-state index >= 15 is 0 Å². The van der Waals surface area contributed by atoms with E-state index in [0.717, 1.165) is 53.6 Å². The molecule has 0 aliphatic carbocycles. The topological polar surface area (TPSA) is 9.23 Å². The zero-order valence-electron chi connectivity index (χ0n) is 12.8. The summed E-state index contributed by atoms with van der Waals surface area (Å²) in [6.07, 6.45) is 4.55. The highest BCUT2D eigenvalue weighted by molar-refractivity contribution is 8.03. The van der Waals surface area contributed by atoms with E-state index in [2.05, 4.69) is 6.92 Å². The number of thioether (sulfide) groups is 1. The summed E-state index contributed by atoms with van der Waals surface area (Å²) in [6, 6.07) is 7.68. The third-order valence-corrected chi connectivity index (χ3v) is 4.28. The Morgan fingerprint density at radius 2 is 1.82 bits per heavy atom. The first-order valence-corrected chi connectivity index (χ1v) is 8.87. The van der Waals surface area contributed by atoms with Crippen molar-refractivity contribution in [2.45, 2.75) is 56.4 Å². The first kappa shape index (κ1) is 19.3. The zero-order chi connectivity index (χ0) is 16.4. The molecule has 0 radical (unpaired) electrons. The summed E-state index contributed by atoms with van der Waals surface area (Å²) in [5.74, 6) is 0.379. The van der Waals surface area contributed by atoms with Gasteiger partial charge in [-0.25, -0.2) is 0 Å². The maximum Gasteiger partial charge on any atom is 0.445 e. The van der Waals surface area contributed by atoms with Crippen LogP contribution in [-0.2, 0) is 4.18 Å². The number of hydrogen-bond acceptors (Lipinski definition) is 3. The molecule has 0 saturated heterocycles. The molecule has 0 aromatic heterocycles. The largest absolute Gasteiger partial charge is 0.445 e. The molecular formula is C16H21F3OS2. The van der Waals surface area contributed by atoms with Gasteiger partial charge in [0.2, 0.25) is 0 Å². The first-order valence-electron chi connectivity index (χ1n) is 7.25. The molecule has 1 nitrogen and oxygen atoms in total. The van der Waals surface area contributed by atoms with Gasteiger partial charge in [-0.05, 0) is 37.2 Å². The van der Waals surface area contributed by atoms with E-state index in [1.54, 1.807) is 0 Å². The van der Waals surface area contributed by atoms with Crippen LogP contribution >= 0.6 is 23.8 Å². The van der Waals surface area contributed by atoms with E-state index in [-0.39, 0.29) is 11.8 Å². The lowest BCUT2D eigenvalue weighted by atomic mass is 10.1. The van der Waals surface area contributed by atoms with Crippen LogP contribution in [0.15, 0.2) is 40.3 Å². The zero-order valence-corrected chi connectivity index (χ0v) is 14.4. The molecule has 0 bridgehead atoms. The van der Waals surface area contributed by atoms with Gasteiger partial charge in [0.25, 0.3) is 0 Å². The maximum atomic E-state index is 12.3. The fourth-order valence-electron chi connectivity index (χ4n) is 1.67. The lowest BCUT2D eigenvalue weighted by Gasteiger charge is -2.10. The van der Waals surface area contributed by atoms with Crippen LogP contribution in [0.25, 0.3) is 0 Å². The van der Waals surface area contributed by atoms with Crippen LogP contribution in [-0.4, -0.2) is 5.51 Å². The quantitative estimate of drug-likeness (QED) is 0.267. The lowest BCUT2D eigenvalue weighted by molar-refractivity contribution is -0.0320. The number of unbranched alkanes of at least 4 members (excludes halogenated alkanes) is 3. The Kier molecular flexibility index (Phi) is 8.86. The Balaban J connectivity index is 2.54. The number of rotatable bonds is 9. The van der Waals surface area contributed by atoms with Crippen LogP contribution < -0.4 is 0 Å². The Bertz CT molecular complexity index is 455. The molecular weight excluding hydrogens is 329 g/mol. The standard InChI is InChI=1S/C16H21F3OS2/c1-3-4-5-6-7-14(12-21-16(17,18)19)20-22-15-10-8-13(2)9-11-15/h8-12H,3-7H2,1-2H3/b14-12+. The van der Waals surface area contributed by atoms with Crippen LogP contribution in [0.5, 0.6) is 0 Å². The van der Waals surface area contributed by atoms with Gasteiger partial charge < -0.3 is 4.18 Å². The summed E-state index contributed by atoms with van der Waals surface area (Å²) in [6.45, 7) is 4.08.